The van der Waals surface area contributed by atoms with Gasteiger partial charge >= 0.3 is 0 Å². The van der Waals surface area contributed by atoms with E-state index in [0.29, 0.717) is 18.0 Å². The number of halogens is 1. The summed E-state index contributed by atoms with van der Waals surface area (Å²) in [6.45, 7) is 4.64. The van der Waals surface area contributed by atoms with Crippen molar-refractivity contribution in [1.29, 1.82) is 0 Å². The van der Waals surface area contributed by atoms with E-state index in [-0.39, 0.29) is 11.4 Å². The van der Waals surface area contributed by atoms with Crippen LogP contribution in [0.25, 0.3) is 0 Å². The maximum absolute atomic E-state index is 13.7. The van der Waals surface area contributed by atoms with Crippen molar-refractivity contribution in [3.05, 3.63) is 29.6 Å². The van der Waals surface area contributed by atoms with E-state index < -0.39 is 15.8 Å². The zero-order valence-electron chi connectivity index (χ0n) is 11.3. The normalized spacial score (nSPS) is 12.1. The van der Waals surface area contributed by atoms with Crippen LogP contribution in [-0.4, -0.2) is 15.0 Å². The predicted octanol–water partition coefficient (Wildman–Crippen LogP) is 2.00. The summed E-state index contributed by atoms with van der Waals surface area (Å²) in [7, 11) is -3.78. The Morgan fingerprint density at radius 2 is 2.05 bits per heavy atom. The van der Waals surface area contributed by atoms with Gasteiger partial charge in [0.1, 0.15) is 10.7 Å². The molecule has 3 N–H and O–H groups in total. The number of nitrogens with one attached hydrogen (secondary N) is 1. The lowest BCUT2D eigenvalue weighted by Crippen LogP contribution is -2.26. The Morgan fingerprint density at radius 3 is 2.58 bits per heavy atom. The Kier molecular flexibility index (Phi) is 5.90. The van der Waals surface area contributed by atoms with Gasteiger partial charge in [0, 0.05) is 13.1 Å². The first-order valence-electron chi connectivity index (χ1n) is 6.35. The van der Waals surface area contributed by atoms with Crippen LogP contribution in [0.1, 0.15) is 32.3 Å². The fourth-order valence-corrected chi connectivity index (χ4v) is 2.82. The van der Waals surface area contributed by atoms with Gasteiger partial charge in [-0.15, -0.1) is 0 Å². The van der Waals surface area contributed by atoms with Crippen LogP contribution < -0.4 is 10.5 Å². The number of nitrogens with two attached hydrogens (primary N) is 1. The second-order valence-corrected chi connectivity index (χ2v) is 6.64. The highest BCUT2D eigenvalue weighted by atomic mass is 32.2. The second kappa shape index (κ2) is 6.98. The molecule has 1 aromatic carbocycles. The lowest BCUT2D eigenvalue weighted by Gasteiger charge is -2.09. The molecule has 1 aromatic rings. The molecule has 0 aliphatic heterocycles. The summed E-state index contributed by atoms with van der Waals surface area (Å²) in [5, 5.41) is 0. The largest absolute Gasteiger partial charge is 0.326 e. The summed E-state index contributed by atoms with van der Waals surface area (Å²) in [6.07, 6.45) is 1.66. The summed E-state index contributed by atoms with van der Waals surface area (Å²) < 4.78 is 39.9. The Morgan fingerprint density at radius 1 is 1.37 bits per heavy atom. The number of hydrogen-bond acceptors (Lipinski definition) is 3. The molecule has 0 unspecified atom stereocenters. The topological polar surface area (TPSA) is 72.2 Å². The molecule has 0 bridgehead atoms. The minimum absolute atomic E-state index is 0.180. The average molecular weight is 288 g/mol. The first-order chi connectivity index (χ1) is 8.86. The zero-order valence-corrected chi connectivity index (χ0v) is 12.1. The lowest BCUT2D eigenvalue weighted by molar-refractivity contribution is 0.533. The zero-order chi connectivity index (χ0) is 14.5. The Balaban J connectivity index is 2.72. The Bertz CT molecular complexity index is 515. The third kappa shape index (κ3) is 4.89. The van der Waals surface area contributed by atoms with Crippen LogP contribution in [0, 0.1) is 11.7 Å². The molecule has 0 fully saturated rings. The van der Waals surface area contributed by atoms with Crippen molar-refractivity contribution >= 4 is 10.0 Å². The van der Waals surface area contributed by atoms with E-state index in [1.165, 1.54) is 12.1 Å². The first kappa shape index (κ1) is 16.1. The van der Waals surface area contributed by atoms with Crippen LogP contribution >= 0.6 is 0 Å². The monoisotopic (exact) mass is 288 g/mol. The van der Waals surface area contributed by atoms with Crippen molar-refractivity contribution in [1.82, 2.24) is 4.72 Å². The number of sulfonamides is 1. The lowest BCUT2D eigenvalue weighted by atomic mass is 10.1. The molecule has 0 saturated heterocycles. The van der Waals surface area contributed by atoms with Crippen molar-refractivity contribution in [2.24, 2.45) is 11.7 Å². The molecule has 0 radical (unpaired) electrons. The van der Waals surface area contributed by atoms with E-state index in [4.69, 9.17) is 5.73 Å². The van der Waals surface area contributed by atoms with Crippen LogP contribution in [-0.2, 0) is 16.6 Å². The van der Waals surface area contributed by atoms with Crippen LogP contribution in [0.3, 0.4) is 0 Å². The van der Waals surface area contributed by atoms with E-state index in [9.17, 15) is 12.8 Å². The van der Waals surface area contributed by atoms with Gasteiger partial charge in [0.15, 0.2) is 0 Å². The molecule has 0 spiro atoms. The summed E-state index contributed by atoms with van der Waals surface area (Å²) >= 11 is 0. The van der Waals surface area contributed by atoms with E-state index in [1.807, 2.05) is 0 Å². The van der Waals surface area contributed by atoms with Crippen LogP contribution in [0.4, 0.5) is 4.39 Å². The molecular formula is C13H21FN2O2S. The van der Waals surface area contributed by atoms with Gasteiger partial charge in [-0.1, -0.05) is 19.9 Å². The molecule has 0 atom stereocenters. The Hall–Kier alpha value is -0.980. The number of benzene rings is 1. The molecule has 4 nitrogen and oxygen atoms in total. The molecule has 0 aliphatic carbocycles. The molecule has 0 saturated carbocycles. The highest BCUT2D eigenvalue weighted by Gasteiger charge is 2.18. The van der Waals surface area contributed by atoms with Gasteiger partial charge in [-0.05, 0) is 36.5 Å². The van der Waals surface area contributed by atoms with Gasteiger partial charge < -0.3 is 5.73 Å². The van der Waals surface area contributed by atoms with Gasteiger partial charge in [0.05, 0.1) is 0 Å². The van der Waals surface area contributed by atoms with E-state index >= 15 is 0 Å². The van der Waals surface area contributed by atoms with Crippen molar-refractivity contribution in [3.63, 3.8) is 0 Å². The maximum Gasteiger partial charge on any atom is 0.243 e. The molecular weight excluding hydrogens is 267 g/mol. The highest BCUT2D eigenvalue weighted by molar-refractivity contribution is 7.89. The molecule has 0 amide bonds. The first-order valence-corrected chi connectivity index (χ1v) is 7.83. The van der Waals surface area contributed by atoms with Gasteiger partial charge in [0.25, 0.3) is 0 Å². The van der Waals surface area contributed by atoms with Crippen LogP contribution in [0.5, 0.6) is 0 Å². The molecule has 108 valence electrons. The van der Waals surface area contributed by atoms with Crippen LogP contribution in [0.15, 0.2) is 23.1 Å². The molecule has 0 heterocycles. The maximum atomic E-state index is 13.7. The molecule has 0 aliphatic rings. The summed E-state index contributed by atoms with van der Waals surface area (Å²) in [4.78, 5) is -0.325. The highest BCUT2D eigenvalue weighted by Crippen LogP contribution is 2.16. The van der Waals surface area contributed by atoms with Gasteiger partial charge in [0.2, 0.25) is 10.0 Å². The van der Waals surface area contributed by atoms with Crippen LogP contribution in [0.2, 0.25) is 0 Å². The van der Waals surface area contributed by atoms with E-state index in [1.54, 1.807) is 0 Å². The number of hydrogen-bond donors (Lipinski definition) is 2. The summed E-state index contributed by atoms with van der Waals surface area (Å²) in [5.74, 6) is -0.246. The minimum atomic E-state index is -3.78. The standard InChI is InChI=1S/C13H21FN2O2S/c1-10(2)4-3-7-16-19(17,18)13-6-5-11(9-15)8-12(13)14/h5-6,8,10,16H,3-4,7,9,15H2,1-2H3. The predicted molar refractivity (Wildman–Crippen MR) is 73.6 cm³/mol. The molecule has 19 heavy (non-hydrogen) atoms. The fourth-order valence-electron chi connectivity index (χ4n) is 1.68. The van der Waals surface area contributed by atoms with Gasteiger partial charge in [-0.3, -0.25) is 0 Å². The smallest absolute Gasteiger partial charge is 0.243 e. The SMILES string of the molecule is CC(C)CCCNS(=O)(=O)c1ccc(CN)cc1F. The third-order valence-corrected chi connectivity index (χ3v) is 4.27. The second-order valence-electron chi connectivity index (χ2n) is 4.90. The van der Waals surface area contributed by atoms with Gasteiger partial charge in [-0.2, -0.15) is 0 Å². The summed E-state index contributed by atoms with van der Waals surface area (Å²) in [6, 6.07) is 3.93. The fraction of sp³-hybridized carbons (Fsp3) is 0.538. The molecule has 1 rings (SSSR count). The summed E-state index contributed by atoms with van der Waals surface area (Å²) in [5.41, 5.74) is 5.94. The van der Waals surface area contributed by atoms with E-state index in [0.717, 1.165) is 18.9 Å². The minimum Gasteiger partial charge on any atom is -0.326 e. The van der Waals surface area contributed by atoms with Gasteiger partial charge in [-0.25, -0.2) is 17.5 Å². The molecule has 0 aromatic heterocycles. The molecule has 6 heteroatoms. The third-order valence-electron chi connectivity index (χ3n) is 2.77. The van der Waals surface area contributed by atoms with Crippen molar-refractivity contribution in [2.45, 2.75) is 38.1 Å². The van der Waals surface area contributed by atoms with Crippen molar-refractivity contribution < 1.29 is 12.8 Å². The van der Waals surface area contributed by atoms with Crippen molar-refractivity contribution in [2.75, 3.05) is 6.54 Å². The van der Waals surface area contributed by atoms with Crippen molar-refractivity contribution in [3.8, 4) is 0 Å². The van der Waals surface area contributed by atoms with E-state index in [2.05, 4.69) is 18.6 Å². The average Bonchev–Trinajstić information content (AvgIpc) is 2.34. The quantitative estimate of drug-likeness (QED) is 0.754. The number of rotatable bonds is 7. The Labute approximate surface area is 114 Å².